The highest BCUT2D eigenvalue weighted by molar-refractivity contribution is 7.89. The molecule has 1 aliphatic carbocycles. The number of rotatable bonds is 9. The molecule has 1 heterocycles. The fraction of sp³-hybridized carbons (Fsp3) is 0.462. The van der Waals surface area contributed by atoms with Crippen LogP contribution in [0.2, 0.25) is 0 Å². The molecule has 0 radical (unpaired) electrons. The molecule has 2 aromatic rings. The minimum atomic E-state index is -5.08. The van der Waals surface area contributed by atoms with Crippen LogP contribution in [-0.2, 0) is 21.2 Å². The summed E-state index contributed by atoms with van der Waals surface area (Å²) in [5.74, 6) is -2.15. The maximum atomic E-state index is 12.8. The van der Waals surface area contributed by atoms with Crippen LogP contribution in [0.3, 0.4) is 0 Å². The van der Waals surface area contributed by atoms with Crippen LogP contribution >= 0.6 is 0 Å². The second-order valence-corrected chi connectivity index (χ2v) is 11.7. The number of benzene rings is 2. The van der Waals surface area contributed by atoms with Gasteiger partial charge in [-0.1, -0.05) is 42.5 Å². The van der Waals surface area contributed by atoms with E-state index in [1.807, 2.05) is 6.07 Å². The summed E-state index contributed by atoms with van der Waals surface area (Å²) in [4.78, 5) is 20.3. The number of alkyl halides is 3. The Labute approximate surface area is 225 Å². The zero-order chi connectivity index (χ0) is 28.6. The fourth-order valence-corrected chi connectivity index (χ4v) is 5.98. The molecule has 0 bridgehead atoms. The summed E-state index contributed by atoms with van der Waals surface area (Å²) < 4.78 is 58.9. The highest BCUT2D eigenvalue weighted by Gasteiger charge is 2.39. The van der Waals surface area contributed by atoms with Gasteiger partial charge in [0.2, 0.25) is 10.0 Å². The number of hydrogen-bond donors (Lipinski definition) is 4. The van der Waals surface area contributed by atoms with E-state index in [1.54, 1.807) is 34.1 Å². The van der Waals surface area contributed by atoms with Gasteiger partial charge in [0.1, 0.15) is 0 Å². The number of halogens is 3. The third-order valence-corrected chi connectivity index (χ3v) is 8.73. The molecule has 4 N–H and O–H groups in total. The minimum Gasteiger partial charge on any atom is -0.475 e. The summed E-state index contributed by atoms with van der Waals surface area (Å²) in [5.41, 5.74) is 4.16. The molecule has 2 aliphatic rings. The molecule has 9 nitrogen and oxygen atoms in total. The summed E-state index contributed by atoms with van der Waals surface area (Å²) in [6, 6.07) is 17.8. The molecule has 1 saturated heterocycles. The van der Waals surface area contributed by atoms with Gasteiger partial charge >= 0.3 is 12.1 Å². The van der Waals surface area contributed by atoms with Crippen molar-refractivity contribution in [3.63, 3.8) is 0 Å². The third-order valence-electron chi connectivity index (χ3n) is 6.86. The van der Waals surface area contributed by atoms with Crippen LogP contribution in [0.15, 0.2) is 54.6 Å². The van der Waals surface area contributed by atoms with Gasteiger partial charge in [0.25, 0.3) is 5.91 Å². The van der Waals surface area contributed by atoms with Gasteiger partial charge in [-0.25, -0.2) is 23.0 Å². The van der Waals surface area contributed by atoms with Crippen molar-refractivity contribution in [2.24, 2.45) is 5.92 Å². The monoisotopic (exact) mass is 571 g/mol. The summed E-state index contributed by atoms with van der Waals surface area (Å²) in [6.07, 6.45) is -1.73. The highest BCUT2D eigenvalue weighted by atomic mass is 32.2. The maximum Gasteiger partial charge on any atom is 0.490 e. The molecule has 1 saturated carbocycles. The predicted octanol–water partition coefficient (Wildman–Crippen LogP) is 3.17. The number of nitrogens with one attached hydrogen (secondary N) is 2. The smallest absolute Gasteiger partial charge is 0.475 e. The predicted molar refractivity (Wildman–Crippen MR) is 137 cm³/mol. The first kappa shape index (κ1) is 30.5. The molecule has 1 amide bonds. The summed E-state index contributed by atoms with van der Waals surface area (Å²) in [6.45, 7) is 2.11. The van der Waals surface area contributed by atoms with Crippen LogP contribution < -0.4 is 10.8 Å². The number of nitrogens with zero attached hydrogens (tertiary/aromatic N) is 1. The van der Waals surface area contributed by atoms with E-state index in [4.69, 9.17) is 15.1 Å². The van der Waals surface area contributed by atoms with Crippen molar-refractivity contribution in [2.75, 3.05) is 25.4 Å². The van der Waals surface area contributed by atoms with Crippen molar-refractivity contribution in [1.82, 2.24) is 15.1 Å². The second-order valence-electron chi connectivity index (χ2n) is 9.62. The van der Waals surface area contributed by atoms with Gasteiger partial charge < -0.3 is 10.4 Å². The highest BCUT2D eigenvalue weighted by Crippen LogP contribution is 2.40. The quantitative estimate of drug-likeness (QED) is 0.268. The van der Waals surface area contributed by atoms with Gasteiger partial charge in [0.05, 0.1) is 5.75 Å². The molecule has 0 aromatic heterocycles. The van der Waals surface area contributed by atoms with Gasteiger partial charge in [-0.2, -0.15) is 13.2 Å². The van der Waals surface area contributed by atoms with Crippen LogP contribution in [-0.4, -0.2) is 72.5 Å². The van der Waals surface area contributed by atoms with E-state index in [2.05, 4.69) is 29.6 Å². The van der Waals surface area contributed by atoms with Crippen molar-refractivity contribution in [3.05, 3.63) is 71.3 Å². The Balaban J connectivity index is 0.000000532. The Bertz CT molecular complexity index is 1200. The molecule has 13 heteroatoms. The first-order valence-electron chi connectivity index (χ1n) is 12.5. The first-order chi connectivity index (χ1) is 18.4. The van der Waals surface area contributed by atoms with Gasteiger partial charge in [-0.05, 0) is 61.4 Å². The topological polar surface area (TPSA) is 136 Å². The van der Waals surface area contributed by atoms with E-state index in [-0.39, 0.29) is 5.75 Å². The Morgan fingerprint density at radius 3 is 2.13 bits per heavy atom. The van der Waals surface area contributed by atoms with Gasteiger partial charge in [0.15, 0.2) is 0 Å². The zero-order valence-corrected chi connectivity index (χ0v) is 21.9. The lowest BCUT2D eigenvalue weighted by atomic mass is 9.98. The number of carbonyl (C=O) groups is 2. The lowest BCUT2D eigenvalue weighted by Crippen LogP contribution is -2.42. The number of carbonyl (C=O) groups excluding carboxylic acids is 1. The molecule has 2 fully saturated rings. The van der Waals surface area contributed by atoms with Gasteiger partial charge in [-0.15, -0.1) is 0 Å². The normalized spacial score (nSPS) is 20.0. The van der Waals surface area contributed by atoms with E-state index in [0.29, 0.717) is 43.0 Å². The van der Waals surface area contributed by atoms with E-state index in [0.717, 1.165) is 24.9 Å². The van der Waals surface area contributed by atoms with Gasteiger partial charge in [0, 0.05) is 30.6 Å². The van der Waals surface area contributed by atoms with E-state index in [9.17, 15) is 26.4 Å². The molecule has 2 atom stereocenters. The lowest BCUT2D eigenvalue weighted by molar-refractivity contribution is -0.192. The Hall–Kier alpha value is -3.00. The largest absolute Gasteiger partial charge is 0.490 e. The second kappa shape index (κ2) is 13.4. The van der Waals surface area contributed by atoms with Crippen molar-refractivity contribution in [2.45, 2.75) is 43.8 Å². The summed E-state index contributed by atoms with van der Waals surface area (Å²) in [7, 11) is -3.31. The summed E-state index contributed by atoms with van der Waals surface area (Å²) in [5, 5.41) is 19.5. The van der Waals surface area contributed by atoms with Crippen molar-refractivity contribution >= 4 is 21.9 Å². The van der Waals surface area contributed by atoms with Crippen molar-refractivity contribution < 1.29 is 41.5 Å². The summed E-state index contributed by atoms with van der Waals surface area (Å²) >= 11 is 0. The number of hydrogen-bond acceptors (Lipinski definition) is 6. The molecule has 39 heavy (non-hydrogen) atoms. The fourth-order valence-electron chi connectivity index (χ4n) is 4.46. The van der Waals surface area contributed by atoms with E-state index < -0.39 is 28.1 Å². The van der Waals surface area contributed by atoms with Crippen molar-refractivity contribution in [1.29, 1.82) is 0 Å². The number of hydroxylamine groups is 1. The van der Waals surface area contributed by atoms with Crippen molar-refractivity contribution in [3.8, 4) is 0 Å². The molecular weight excluding hydrogens is 539 g/mol. The third kappa shape index (κ3) is 9.31. The molecule has 4 rings (SSSR count). The molecule has 1 aliphatic heterocycles. The average molecular weight is 572 g/mol. The molecular formula is C26H32F3N3O6S. The Kier molecular flexibility index (Phi) is 10.5. The van der Waals surface area contributed by atoms with E-state index >= 15 is 0 Å². The molecule has 214 valence electrons. The number of amides is 1. The standard InChI is InChI=1S/C24H31N3O4S.C2HF3O2/c28-24(26-29)21-8-6-18(7-9-21)12-15-32(30,31)27-13-10-19(11-14-27)17-25-23-16-22(23)20-4-2-1-3-5-20;3-2(4,5)1(6)7/h1-9,19,22-23,25,29H,10-17H2,(H,26,28);(H,6,7). The maximum absolute atomic E-state index is 12.8. The number of carboxylic acid groups (broad SMARTS) is 1. The Morgan fingerprint density at radius 1 is 1.00 bits per heavy atom. The first-order valence-corrected chi connectivity index (χ1v) is 14.1. The van der Waals surface area contributed by atoms with Crippen LogP contribution in [0.1, 0.15) is 46.7 Å². The van der Waals surface area contributed by atoms with E-state index in [1.165, 1.54) is 12.0 Å². The number of aliphatic carboxylic acids is 1. The lowest BCUT2D eigenvalue weighted by Gasteiger charge is -2.31. The average Bonchev–Trinajstić information content (AvgIpc) is 3.71. The minimum absolute atomic E-state index is 0.0578. The molecule has 0 spiro atoms. The SMILES string of the molecule is O=C(NO)c1ccc(CCS(=O)(=O)N2CCC(CNC3CC3c3ccccc3)CC2)cc1.O=C(O)C(F)(F)F. The molecule has 2 aromatic carbocycles. The number of piperidine rings is 1. The molecule has 2 unspecified atom stereocenters. The van der Waals surface area contributed by atoms with Crippen LogP contribution in [0.25, 0.3) is 0 Å². The van der Waals surface area contributed by atoms with Crippen LogP contribution in [0, 0.1) is 5.92 Å². The number of sulfonamides is 1. The number of aryl methyl sites for hydroxylation is 1. The number of carboxylic acids is 1. The van der Waals surface area contributed by atoms with Crippen LogP contribution in [0.4, 0.5) is 13.2 Å². The zero-order valence-electron chi connectivity index (χ0n) is 21.1. The van der Waals surface area contributed by atoms with Crippen LogP contribution in [0.5, 0.6) is 0 Å². The Morgan fingerprint density at radius 2 is 1.59 bits per heavy atom. The van der Waals surface area contributed by atoms with Gasteiger partial charge in [-0.3, -0.25) is 10.0 Å².